The summed E-state index contributed by atoms with van der Waals surface area (Å²) in [5.74, 6) is 1.89. The second-order valence-corrected chi connectivity index (χ2v) is 12.1. The van der Waals surface area contributed by atoms with Crippen LogP contribution in [0.4, 0.5) is 0 Å². The van der Waals surface area contributed by atoms with Crippen LogP contribution in [0.2, 0.25) is 0 Å². The molecule has 0 fully saturated rings. The molecule has 3 heterocycles. The van der Waals surface area contributed by atoms with Gasteiger partial charge in [0.25, 0.3) is 0 Å². The van der Waals surface area contributed by atoms with Gasteiger partial charge in [0, 0.05) is 46.4 Å². The Labute approximate surface area is 289 Å². The van der Waals surface area contributed by atoms with Crippen LogP contribution in [0.3, 0.4) is 0 Å². The largest absolute Gasteiger partial charge is 0.265 e. The van der Waals surface area contributed by atoms with Crippen LogP contribution in [-0.2, 0) is 0 Å². The molecule has 3 aromatic heterocycles. The average Bonchev–Trinajstić information content (AvgIpc) is 3.21. The summed E-state index contributed by atoms with van der Waals surface area (Å²) in [6.45, 7) is 0. The maximum Gasteiger partial charge on any atom is 0.165 e. The second-order valence-electron chi connectivity index (χ2n) is 12.1. The molecule has 0 aliphatic rings. The number of nitrogens with zero attached hydrogens (tertiary/aromatic N) is 5. The van der Waals surface area contributed by atoms with Crippen molar-refractivity contribution in [1.82, 2.24) is 24.9 Å². The molecule has 9 rings (SSSR count). The number of benzene rings is 6. The summed E-state index contributed by atoms with van der Waals surface area (Å²) in [7, 11) is 0. The quantitative estimate of drug-likeness (QED) is 0.169. The van der Waals surface area contributed by atoms with E-state index in [1.807, 2.05) is 54.7 Å². The summed E-state index contributed by atoms with van der Waals surface area (Å²) < 4.78 is 0. The molecule has 0 bridgehead atoms. The third-order valence-corrected chi connectivity index (χ3v) is 9.10. The van der Waals surface area contributed by atoms with Crippen molar-refractivity contribution in [2.24, 2.45) is 0 Å². The minimum absolute atomic E-state index is 0.626. The van der Waals surface area contributed by atoms with E-state index in [0.29, 0.717) is 17.5 Å². The Hall–Kier alpha value is -6.85. The lowest BCUT2D eigenvalue weighted by atomic mass is 9.88. The van der Waals surface area contributed by atoms with Crippen molar-refractivity contribution >= 4 is 21.5 Å². The summed E-state index contributed by atoms with van der Waals surface area (Å²) in [6.07, 6.45) is 5.55. The zero-order chi connectivity index (χ0) is 33.3. The minimum atomic E-state index is 0.626. The van der Waals surface area contributed by atoms with E-state index in [2.05, 4.69) is 114 Å². The van der Waals surface area contributed by atoms with Crippen molar-refractivity contribution < 1.29 is 0 Å². The van der Waals surface area contributed by atoms with E-state index >= 15 is 0 Å². The average molecular weight is 640 g/mol. The summed E-state index contributed by atoms with van der Waals surface area (Å²) >= 11 is 0. The monoisotopic (exact) mass is 639 g/mol. The molecule has 0 amide bonds. The molecule has 9 aromatic rings. The van der Waals surface area contributed by atoms with Crippen LogP contribution in [0.25, 0.3) is 89.2 Å². The van der Waals surface area contributed by atoms with Gasteiger partial charge in [-0.25, -0.2) is 15.0 Å². The Morgan fingerprint density at radius 2 is 0.740 bits per heavy atom. The highest BCUT2D eigenvalue weighted by molar-refractivity contribution is 6.20. The van der Waals surface area contributed by atoms with Gasteiger partial charge in [0.2, 0.25) is 0 Å². The molecule has 0 spiro atoms. The zero-order valence-electron chi connectivity index (χ0n) is 27.0. The zero-order valence-corrected chi connectivity index (χ0v) is 27.0. The standard InChI is InChI=1S/C45H29N5/c1-3-11-30(12-4-1)31-19-21-34(22-20-31)44-48-43(33-13-5-2-6-14-33)49-45(50-44)42-38-17-9-7-15-36(38)41(37-16-8-10-18-39(37)42)35-23-24-40(47-29-35)32-25-27-46-28-26-32/h1-29H. The van der Waals surface area contributed by atoms with Crippen molar-refractivity contribution in [3.63, 3.8) is 0 Å². The summed E-state index contributed by atoms with van der Waals surface area (Å²) in [6, 6.07) is 54.2. The van der Waals surface area contributed by atoms with Crippen molar-refractivity contribution in [2.75, 3.05) is 0 Å². The first kappa shape index (κ1) is 29.3. The van der Waals surface area contributed by atoms with Gasteiger partial charge < -0.3 is 0 Å². The smallest absolute Gasteiger partial charge is 0.165 e. The van der Waals surface area contributed by atoms with Crippen molar-refractivity contribution in [1.29, 1.82) is 0 Å². The molecule has 234 valence electrons. The van der Waals surface area contributed by atoms with E-state index in [1.54, 1.807) is 12.4 Å². The summed E-state index contributed by atoms with van der Waals surface area (Å²) in [4.78, 5) is 24.4. The highest BCUT2D eigenvalue weighted by Crippen LogP contribution is 2.43. The normalized spacial score (nSPS) is 11.2. The van der Waals surface area contributed by atoms with Crippen molar-refractivity contribution in [3.8, 4) is 67.7 Å². The van der Waals surface area contributed by atoms with Gasteiger partial charge in [0.05, 0.1) is 5.69 Å². The van der Waals surface area contributed by atoms with E-state index in [-0.39, 0.29) is 0 Å². The van der Waals surface area contributed by atoms with E-state index in [4.69, 9.17) is 19.9 Å². The third-order valence-electron chi connectivity index (χ3n) is 9.10. The fourth-order valence-corrected chi connectivity index (χ4v) is 6.69. The molecule has 5 heteroatoms. The van der Waals surface area contributed by atoms with E-state index in [0.717, 1.165) is 66.2 Å². The van der Waals surface area contributed by atoms with Gasteiger partial charge in [-0.05, 0) is 56.4 Å². The molecule has 0 N–H and O–H groups in total. The van der Waals surface area contributed by atoms with Crippen LogP contribution in [-0.4, -0.2) is 24.9 Å². The Bertz CT molecular complexity index is 2550. The molecule has 5 nitrogen and oxygen atoms in total. The van der Waals surface area contributed by atoms with E-state index in [9.17, 15) is 0 Å². The Morgan fingerprint density at radius 1 is 0.300 bits per heavy atom. The fourth-order valence-electron chi connectivity index (χ4n) is 6.69. The highest BCUT2D eigenvalue weighted by atomic mass is 15.0. The van der Waals surface area contributed by atoms with Gasteiger partial charge in [-0.1, -0.05) is 140 Å². The topological polar surface area (TPSA) is 64.5 Å². The Kier molecular flexibility index (Phi) is 7.41. The maximum absolute atomic E-state index is 5.21. The molecule has 0 saturated heterocycles. The first-order valence-corrected chi connectivity index (χ1v) is 16.6. The number of pyridine rings is 2. The molecule has 6 aromatic carbocycles. The molecule has 0 radical (unpaired) electrons. The van der Waals surface area contributed by atoms with Crippen LogP contribution in [0.15, 0.2) is 176 Å². The number of hydrogen-bond acceptors (Lipinski definition) is 5. The lowest BCUT2D eigenvalue weighted by Crippen LogP contribution is -2.01. The number of aromatic nitrogens is 5. The number of rotatable bonds is 6. The van der Waals surface area contributed by atoms with Crippen molar-refractivity contribution in [2.45, 2.75) is 0 Å². The molecule has 50 heavy (non-hydrogen) atoms. The molecule has 0 aliphatic heterocycles. The lowest BCUT2D eigenvalue weighted by Gasteiger charge is -2.17. The molecule has 0 atom stereocenters. The van der Waals surface area contributed by atoms with Crippen LogP contribution >= 0.6 is 0 Å². The third kappa shape index (κ3) is 5.37. The molecule has 0 saturated carbocycles. The molecule has 0 unspecified atom stereocenters. The van der Waals surface area contributed by atoms with Gasteiger partial charge in [-0.3, -0.25) is 9.97 Å². The van der Waals surface area contributed by atoms with Gasteiger partial charge in [-0.15, -0.1) is 0 Å². The van der Waals surface area contributed by atoms with Gasteiger partial charge in [-0.2, -0.15) is 0 Å². The highest BCUT2D eigenvalue weighted by Gasteiger charge is 2.20. The number of hydrogen-bond donors (Lipinski definition) is 0. The Balaban J connectivity index is 1.25. The first-order chi connectivity index (χ1) is 24.8. The number of fused-ring (bicyclic) bond motifs is 2. The van der Waals surface area contributed by atoms with Crippen LogP contribution in [0.1, 0.15) is 0 Å². The second kappa shape index (κ2) is 12.6. The fraction of sp³-hybridized carbons (Fsp3) is 0. The van der Waals surface area contributed by atoms with E-state index in [1.165, 1.54) is 5.56 Å². The predicted octanol–water partition coefficient (Wildman–Crippen LogP) is 11.0. The van der Waals surface area contributed by atoms with Crippen LogP contribution in [0.5, 0.6) is 0 Å². The van der Waals surface area contributed by atoms with Crippen molar-refractivity contribution in [3.05, 3.63) is 176 Å². The van der Waals surface area contributed by atoms with Gasteiger partial charge in [0.1, 0.15) is 0 Å². The van der Waals surface area contributed by atoms with Gasteiger partial charge >= 0.3 is 0 Å². The predicted molar refractivity (Wildman–Crippen MR) is 203 cm³/mol. The van der Waals surface area contributed by atoms with Crippen LogP contribution in [0, 0.1) is 0 Å². The first-order valence-electron chi connectivity index (χ1n) is 16.6. The molecule has 0 aliphatic carbocycles. The van der Waals surface area contributed by atoms with Crippen LogP contribution < -0.4 is 0 Å². The Morgan fingerprint density at radius 3 is 1.30 bits per heavy atom. The lowest BCUT2D eigenvalue weighted by molar-refractivity contribution is 1.08. The maximum atomic E-state index is 5.21. The van der Waals surface area contributed by atoms with Gasteiger partial charge in [0.15, 0.2) is 17.5 Å². The molecular weight excluding hydrogens is 611 g/mol. The summed E-state index contributed by atoms with van der Waals surface area (Å²) in [5, 5.41) is 4.34. The minimum Gasteiger partial charge on any atom is -0.265 e. The summed E-state index contributed by atoms with van der Waals surface area (Å²) in [5.41, 5.74) is 9.26. The SMILES string of the molecule is c1ccc(-c2ccc(-c3nc(-c4ccccc4)nc(-c4c5ccccc5c(-c5ccc(-c6ccncc6)nc5)c5ccccc45)n3)cc2)cc1. The molecular formula is C45H29N5. The van der Waals surface area contributed by atoms with E-state index < -0.39 is 0 Å².